The highest BCUT2D eigenvalue weighted by molar-refractivity contribution is 6.33. The van der Waals surface area contributed by atoms with Crippen LogP contribution in [0.2, 0.25) is 5.02 Å². The largest absolute Gasteiger partial charge is 0.399 e. The van der Waals surface area contributed by atoms with Crippen molar-refractivity contribution in [2.24, 2.45) is 0 Å². The smallest absolute Gasteiger partial charge is 0.231 e. The molecule has 1 aromatic heterocycles. The maximum Gasteiger partial charge on any atom is 0.231 e. The van der Waals surface area contributed by atoms with E-state index in [0.29, 0.717) is 29.4 Å². The summed E-state index contributed by atoms with van der Waals surface area (Å²) < 4.78 is 18.2. The third-order valence-electron chi connectivity index (χ3n) is 2.95. The molecule has 0 unspecified atom stereocenters. The highest BCUT2D eigenvalue weighted by atomic mass is 35.5. The SMILES string of the molecule is Nc1cccc(Cc2nc(-c3ccc(F)cc3Cl)no2)c1. The van der Waals surface area contributed by atoms with Crippen LogP contribution in [0.4, 0.5) is 10.1 Å². The molecular weight excluding hydrogens is 293 g/mol. The fourth-order valence-electron chi connectivity index (χ4n) is 1.98. The first-order valence-electron chi connectivity index (χ1n) is 6.24. The first-order valence-corrected chi connectivity index (χ1v) is 6.62. The minimum absolute atomic E-state index is 0.242. The Morgan fingerprint density at radius 1 is 1.19 bits per heavy atom. The van der Waals surface area contributed by atoms with Gasteiger partial charge in [0.05, 0.1) is 11.4 Å². The Bertz CT molecular complexity index is 788. The van der Waals surface area contributed by atoms with Gasteiger partial charge in [0.15, 0.2) is 0 Å². The van der Waals surface area contributed by atoms with E-state index in [1.54, 1.807) is 6.07 Å². The van der Waals surface area contributed by atoms with Crippen LogP contribution in [0.25, 0.3) is 11.4 Å². The summed E-state index contributed by atoms with van der Waals surface area (Å²) in [6.45, 7) is 0. The van der Waals surface area contributed by atoms with Gasteiger partial charge >= 0.3 is 0 Å². The molecule has 1 heterocycles. The third kappa shape index (κ3) is 3.03. The van der Waals surface area contributed by atoms with Gasteiger partial charge in [0.2, 0.25) is 11.7 Å². The van der Waals surface area contributed by atoms with Crippen molar-refractivity contribution < 1.29 is 8.91 Å². The molecule has 0 aliphatic heterocycles. The van der Waals surface area contributed by atoms with Gasteiger partial charge in [-0.25, -0.2) is 4.39 Å². The van der Waals surface area contributed by atoms with Crippen molar-refractivity contribution in [2.45, 2.75) is 6.42 Å². The predicted octanol–water partition coefficient (Wildman–Crippen LogP) is 3.70. The number of aromatic nitrogens is 2. The molecule has 106 valence electrons. The average Bonchev–Trinajstić information content (AvgIpc) is 2.87. The van der Waals surface area contributed by atoms with Crippen LogP contribution in [-0.4, -0.2) is 10.1 Å². The van der Waals surface area contributed by atoms with E-state index in [2.05, 4.69) is 10.1 Å². The van der Waals surface area contributed by atoms with Gasteiger partial charge in [0.1, 0.15) is 5.82 Å². The summed E-state index contributed by atoms with van der Waals surface area (Å²) in [5.74, 6) is 0.363. The first kappa shape index (κ1) is 13.6. The fraction of sp³-hybridized carbons (Fsp3) is 0.0667. The summed E-state index contributed by atoms with van der Waals surface area (Å²) >= 11 is 5.98. The van der Waals surface area contributed by atoms with E-state index < -0.39 is 5.82 Å². The lowest BCUT2D eigenvalue weighted by molar-refractivity contribution is 0.385. The molecule has 2 N–H and O–H groups in total. The van der Waals surface area contributed by atoms with Crippen LogP contribution in [0, 0.1) is 5.82 Å². The number of nitrogen functional groups attached to an aromatic ring is 1. The van der Waals surface area contributed by atoms with E-state index in [0.717, 1.165) is 5.56 Å². The molecule has 0 fully saturated rings. The molecular formula is C15H11ClFN3O. The zero-order valence-electron chi connectivity index (χ0n) is 10.9. The number of nitrogens with zero attached hydrogens (tertiary/aromatic N) is 2. The van der Waals surface area contributed by atoms with Gasteiger partial charge in [-0.2, -0.15) is 4.98 Å². The summed E-state index contributed by atoms with van der Waals surface area (Å²) in [4.78, 5) is 4.27. The number of anilines is 1. The van der Waals surface area contributed by atoms with Crippen molar-refractivity contribution in [1.29, 1.82) is 0 Å². The van der Waals surface area contributed by atoms with Crippen LogP contribution in [0.5, 0.6) is 0 Å². The molecule has 0 saturated carbocycles. The number of hydrogen-bond donors (Lipinski definition) is 1. The summed E-state index contributed by atoms with van der Waals surface area (Å²) in [7, 11) is 0. The number of nitrogens with two attached hydrogens (primary N) is 1. The van der Waals surface area contributed by atoms with E-state index in [9.17, 15) is 4.39 Å². The number of rotatable bonds is 3. The molecule has 0 radical (unpaired) electrons. The van der Waals surface area contributed by atoms with Crippen LogP contribution >= 0.6 is 11.6 Å². The molecule has 0 aliphatic rings. The number of hydrogen-bond acceptors (Lipinski definition) is 4. The Morgan fingerprint density at radius 3 is 2.81 bits per heavy atom. The highest BCUT2D eigenvalue weighted by Crippen LogP contribution is 2.26. The van der Waals surface area contributed by atoms with Gasteiger partial charge in [0, 0.05) is 11.3 Å². The monoisotopic (exact) mass is 303 g/mol. The lowest BCUT2D eigenvalue weighted by atomic mass is 10.1. The molecule has 0 saturated heterocycles. The maximum atomic E-state index is 13.0. The standard InChI is InChI=1S/C15H11ClFN3O/c16-13-8-10(17)4-5-12(13)15-19-14(21-20-15)7-9-2-1-3-11(18)6-9/h1-6,8H,7,18H2. The Hall–Kier alpha value is -2.40. The fourth-order valence-corrected chi connectivity index (χ4v) is 2.24. The van der Waals surface area contributed by atoms with Gasteiger partial charge in [-0.05, 0) is 35.9 Å². The minimum Gasteiger partial charge on any atom is -0.399 e. The molecule has 0 bridgehead atoms. The Morgan fingerprint density at radius 2 is 2.05 bits per heavy atom. The third-order valence-corrected chi connectivity index (χ3v) is 3.26. The van der Waals surface area contributed by atoms with Crippen molar-refractivity contribution in [3.05, 3.63) is 64.8 Å². The molecule has 21 heavy (non-hydrogen) atoms. The zero-order chi connectivity index (χ0) is 14.8. The van der Waals surface area contributed by atoms with Crippen LogP contribution in [-0.2, 0) is 6.42 Å². The summed E-state index contributed by atoms with van der Waals surface area (Å²) in [5.41, 5.74) is 7.89. The molecule has 2 aromatic carbocycles. The van der Waals surface area contributed by atoms with Gasteiger partial charge in [-0.3, -0.25) is 0 Å². The van der Waals surface area contributed by atoms with Crippen LogP contribution in [0.15, 0.2) is 47.0 Å². The number of benzene rings is 2. The molecule has 3 rings (SSSR count). The second-order valence-corrected chi connectivity index (χ2v) is 4.96. The van der Waals surface area contributed by atoms with Crippen molar-refractivity contribution >= 4 is 17.3 Å². The second kappa shape index (κ2) is 5.54. The average molecular weight is 304 g/mol. The number of halogens is 2. The maximum absolute atomic E-state index is 13.0. The summed E-state index contributed by atoms with van der Waals surface area (Å²) in [5, 5.41) is 4.11. The molecule has 0 amide bonds. The second-order valence-electron chi connectivity index (χ2n) is 4.56. The van der Waals surface area contributed by atoms with Gasteiger partial charge in [-0.1, -0.05) is 28.9 Å². The highest BCUT2D eigenvalue weighted by Gasteiger charge is 2.13. The quantitative estimate of drug-likeness (QED) is 0.749. The zero-order valence-corrected chi connectivity index (χ0v) is 11.6. The predicted molar refractivity (Wildman–Crippen MR) is 78.4 cm³/mol. The Kier molecular flexibility index (Phi) is 3.58. The van der Waals surface area contributed by atoms with Crippen LogP contribution in [0.1, 0.15) is 11.5 Å². The van der Waals surface area contributed by atoms with Crippen molar-refractivity contribution in [1.82, 2.24) is 10.1 Å². The molecule has 3 aromatic rings. The molecule has 0 spiro atoms. The first-order chi connectivity index (χ1) is 10.1. The molecule has 6 heteroatoms. The van der Waals surface area contributed by atoms with Crippen molar-refractivity contribution in [3.63, 3.8) is 0 Å². The van der Waals surface area contributed by atoms with E-state index in [1.807, 2.05) is 18.2 Å². The van der Waals surface area contributed by atoms with E-state index >= 15 is 0 Å². The van der Waals surface area contributed by atoms with Gasteiger partial charge in [-0.15, -0.1) is 0 Å². The van der Waals surface area contributed by atoms with Gasteiger partial charge < -0.3 is 10.3 Å². The van der Waals surface area contributed by atoms with Crippen molar-refractivity contribution in [3.8, 4) is 11.4 Å². The van der Waals surface area contributed by atoms with Crippen LogP contribution in [0.3, 0.4) is 0 Å². The normalized spacial score (nSPS) is 10.8. The Labute approximate surface area is 125 Å². The lowest BCUT2D eigenvalue weighted by Gasteiger charge is -1.98. The van der Waals surface area contributed by atoms with E-state index in [1.165, 1.54) is 18.2 Å². The summed E-state index contributed by atoms with van der Waals surface area (Å²) in [6, 6.07) is 11.5. The molecule has 0 aliphatic carbocycles. The lowest BCUT2D eigenvalue weighted by Crippen LogP contribution is -1.91. The molecule has 4 nitrogen and oxygen atoms in total. The topological polar surface area (TPSA) is 64.9 Å². The van der Waals surface area contributed by atoms with Gasteiger partial charge in [0.25, 0.3) is 0 Å². The van der Waals surface area contributed by atoms with E-state index in [4.69, 9.17) is 21.9 Å². The van der Waals surface area contributed by atoms with Crippen LogP contribution < -0.4 is 5.73 Å². The minimum atomic E-state index is -0.410. The molecule has 0 atom stereocenters. The summed E-state index contributed by atoms with van der Waals surface area (Å²) in [6.07, 6.45) is 0.469. The Balaban J connectivity index is 1.86. The van der Waals surface area contributed by atoms with Crippen molar-refractivity contribution in [2.75, 3.05) is 5.73 Å². The van der Waals surface area contributed by atoms with E-state index in [-0.39, 0.29) is 5.02 Å².